The standard InChI is InChI=1S/C13H9ClO3S/c14-11-7-6-10(8-12(11)18(16)17)13(15)9-4-2-1-3-5-9/h1-8H,(H,16,17)/p-1. The van der Waals surface area contributed by atoms with Crippen LogP contribution in [0.3, 0.4) is 0 Å². The molecule has 0 aromatic heterocycles. The normalized spacial score (nSPS) is 12.1. The van der Waals surface area contributed by atoms with Crippen LogP contribution in [0, 0.1) is 0 Å². The second-order valence-electron chi connectivity index (χ2n) is 3.58. The van der Waals surface area contributed by atoms with Crippen molar-refractivity contribution in [2.75, 3.05) is 0 Å². The number of benzene rings is 2. The predicted octanol–water partition coefficient (Wildman–Crippen LogP) is 2.81. The lowest BCUT2D eigenvalue weighted by Gasteiger charge is -2.09. The fourth-order valence-electron chi connectivity index (χ4n) is 1.53. The molecular formula is C13H8ClO3S-. The fourth-order valence-corrected chi connectivity index (χ4v) is 2.29. The Labute approximate surface area is 112 Å². The zero-order valence-corrected chi connectivity index (χ0v) is 10.7. The van der Waals surface area contributed by atoms with Crippen molar-refractivity contribution in [1.29, 1.82) is 0 Å². The monoisotopic (exact) mass is 279 g/mol. The molecular weight excluding hydrogens is 272 g/mol. The van der Waals surface area contributed by atoms with Gasteiger partial charge in [0.2, 0.25) is 0 Å². The molecule has 1 atom stereocenters. The average Bonchev–Trinajstić information content (AvgIpc) is 2.39. The lowest BCUT2D eigenvalue weighted by atomic mass is 10.0. The van der Waals surface area contributed by atoms with Gasteiger partial charge in [-0.05, 0) is 29.3 Å². The second kappa shape index (κ2) is 5.44. The minimum absolute atomic E-state index is 0.0709. The number of rotatable bonds is 3. The van der Waals surface area contributed by atoms with Gasteiger partial charge in [0.15, 0.2) is 5.78 Å². The third kappa shape index (κ3) is 2.67. The fraction of sp³-hybridized carbons (Fsp3) is 0. The largest absolute Gasteiger partial charge is 0.768 e. The Morgan fingerprint density at radius 3 is 2.33 bits per heavy atom. The van der Waals surface area contributed by atoms with E-state index < -0.39 is 11.1 Å². The Hall–Kier alpha value is -1.49. The highest BCUT2D eigenvalue weighted by atomic mass is 35.5. The van der Waals surface area contributed by atoms with Crippen molar-refractivity contribution >= 4 is 28.5 Å². The van der Waals surface area contributed by atoms with E-state index in [1.807, 2.05) is 0 Å². The molecule has 0 heterocycles. The highest BCUT2D eigenvalue weighted by Gasteiger charge is 2.11. The lowest BCUT2D eigenvalue weighted by Crippen LogP contribution is -2.02. The van der Waals surface area contributed by atoms with Gasteiger partial charge in [-0.2, -0.15) is 0 Å². The molecule has 0 radical (unpaired) electrons. The number of halogens is 1. The maximum Gasteiger partial charge on any atom is 0.193 e. The smallest absolute Gasteiger partial charge is 0.193 e. The van der Waals surface area contributed by atoms with Gasteiger partial charge in [-0.25, -0.2) is 0 Å². The van der Waals surface area contributed by atoms with Crippen molar-refractivity contribution in [2.45, 2.75) is 4.90 Å². The summed E-state index contributed by atoms with van der Waals surface area (Å²) in [4.78, 5) is 12.0. The quantitative estimate of drug-likeness (QED) is 0.641. The Morgan fingerprint density at radius 1 is 1.06 bits per heavy atom. The molecule has 2 aromatic rings. The molecule has 0 spiro atoms. The van der Waals surface area contributed by atoms with E-state index in [0.717, 1.165) is 0 Å². The van der Waals surface area contributed by atoms with Crippen molar-refractivity contribution in [1.82, 2.24) is 0 Å². The molecule has 0 aliphatic heterocycles. The Kier molecular flexibility index (Phi) is 3.91. The Bertz CT molecular complexity index is 611. The molecule has 0 N–H and O–H groups in total. The number of carbonyl (C=O) groups excluding carboxylic acids is 1. The first kappa shape index (κ1) is 13.0. The molecule has 0 amide bonds. The van der Waals surface area contributed by atoms with Crippen LogP contribution >= 0.6 is 11.6 Å². The third-order valence-corrected chi connectivity index (χ3v) is 3.55. The highest BCUT2D eigenvalue weighted by molar-refractivity contribution is 7.79. The number of hydrogen-bond donors (Lipinski definition) is 0. The zero-order chi connectivity index (χ0) is 13.1. The van der Waals surface area contributed by atoms with Gasteiger partial charge in [-0.1, -0.05) is 41.9 Å². The molecule has 5 heteroatoms. The summed E-state index contributed by atoms with van der Waals surface area (Å²) >= 11 is 3.28. The lowest BCUT2D eigenvalue weighted by molar-refractivity contribution is 0.103. The van der Waals surface area contributed by atoms with Gasteiger partial charge in [-0.15, -0.1) is 0 Å². The van der Waals surface area contributed by atoms with E-state index in [-0.39, 0.29) is 15.7 Å². The van der Waals surface area contributed by atoms with Gasteiger partial charge in [0.1, 0.15) is 0 Å². The Morgan fingerprint density at radius 2 is 1.72 bits per heavy atom. The van der Waals surface area contributed by atoms with Crippen molar-refractivity contribution < 1.29 is 13.6 Å². The number of hydrogen-bond acceptors (Lipinski definition) is 3. The molecule has 0 aliphatic carbocycles. The van der Waals surface area contributed by atoms with Crippen LogP contribution in [-0.4, -0.2) is 14.5 Å². The first-order valence-electron chi connectivity index (χ1n) is 5.08. The van der Waals surface area contributed by atoms with Crippen LogP contribution in [0.4, 0.5) is 0 Å². The van der Waals surface area contributed by atoms with Gasteiger partial charge in [-0.3, -0.25) is 9.00 Å². The summed E-state index contributed by atoms with van der Waals surface area (Å²) in [5, 5.41) is 0.105. The van der Waals surface area contributed by atoms with E-state index in [9.17, 15) is 13.6 Å². The van der Waals surface area contributed by atoms with Crippen molar-refractivity contribution in [3.8, 4) is 0 Å². The van der Waals surface area contributed by atoms with Gasteiger partial charge >= 0.3 is 0 Å². The summed E-state index contributed by atoms with van der Waals surface area (Å²) in [6.45, 7) is 0. The molecule has 2 aromatic carbocycles. The molecule has 2 rings (SSSR count). The van der Waals surface area contributed by atoms with Crippen LogP contribution in [0.15, 0.2) is 53.4 Å². The highest BCUT2D eigenvalue weighted by Crippen LogP contribution is 2.22. The third-order valence-electron chi connectivity index (χ3n) is 2.41. The van der Waals surface area contributed by atoms with E-state index in [2.05, 4.69) is 0 Å². The maximum atomic E-state index is 12.1. The zero-order valence-electron chi connectivity index (χ0n) is 9.13. The van der Waals surface area contributed by atoms with Gasteiger partial charge in [0.05, 0.1) is 5.02 Å². The number of ketones is 1. The molecule has 0 aliphatic rings. The molecule has 0 saturated carbocycles. The molecule has 0 fully saturated rings. The predicted molar refractivity (Wildman–Crippen MR) is 68.5 cm³/mol. The first-order valence-corrected chi connectivity index (χ1v) is 6.53. The van der Waals surface area contributed by atoms with Gasteiger partial charge in [0.25, 0.3) is 0 Å². The molecule has 0 saturated heterocycles. The summed E-state index contributed by atoms with van der Waals surface area (Å²) in [6.07, 6.45) is 0. The van der Waals surface area contributed by atoms with E-state index in [4.69, 9.17) is 11.6 Å². The van der Waals surface area contributed by atoms with E-state index >= 15 is 0 Å². The van der Waals surface area contributed by atoms with Crippen LogP contribution in [0.25, 0.3) is 0 Å². The average molecular weight is 280 g/mol. The minimum atomic E-state index is -2.46. The summed E-state index contributed by atoms with van der Waals surface area (Å²) in [6, 6.07) is 12.8. The van der Waals surface area contributed by atoms with E-state index in [1.54, 1.807) is 30.3 Å². The topological polar surface area (TPSA) is 57.2 Å². The van der Waals surface area contributed by atoms with E-state index in [1.165, 1.54) is 18.2 Å². The summed E-state index contributed by atoms with van der Waals surface area (Å²) in [5.41, 5.74) is 0.798. The van der Waals surface area contributed by atoms with Crippen LogP contribution in [0.1, 0.15) is 15.9 Å². The van der Waals surface area contributed by atoms with Gasteiger partial charge in [0, 0.05) is 16.0 Å². The van der Waals surface area contributed by atoms with Gasteiger partial charge < -0.3 is 4.55 Å². The number of carbonyl (C=O) groups is 1. The first-order chi connectivity index (χ1) is 8.59. The molecule has 92 valence electrons. The van der Waals surface area contributed by atoms with Crippen molar-refractivity contribution in [3.05, 3.63) is 64.7 Å². The van der Waals surface area contributed by atoms with Crippen molar-refractivity contribution in [3.63, 3.8) is 0 Å². The molecule has 0 bridgehead atoms. The molecule has 1 unspecified atom stereocenters. The van der Waals surface area contributed by atoms with Crippen LogP contribution in [0.2, 0.25) is 5.02 Å². The molecule has 18 heavy (non-hydrogen) atoms. The van der Waals surface area contributed by atoms with Crippen LogP contribution in [0.5, 0.6) is 0 Å². The SMILES string of the molecule is O=C(c1ccccc1)c1ccc(Cl)c(S(=O)[O-])c1. The van der Waals surface area contributed by atoms with Crippen molar-refractivity contribution in [2.24, 2.45) is 0 Å². The molecule has 3 nitrogen and oxygen atoms in total. The van der Waals surface area contributed by atoms with Crippen LogP contribution in [-0.2, 0) is 11.1 Å². The van der Waals surface area contributed by atoms with Crippen LogP contribution < -0.4 is 0 Å². The van der Waals surface area contributed by atoms with E-state index in [0.29, 0.717) is 11.1 Å². The second-order valence-corrected chi connectivity index (χ2v) is 4.89. The Balaban J connectivity index is 2.44. The summed E-state index contributed by atoms with van der Waals surface area (Å²) in [5.74, 6) is -0.237. The summed E-state index contributed by atoms with van der Waals surface area (Å²) in [7, 11) is 0. The summed E-state index contributed by atoms with van der Waals surface area (Å²) < 4.78 is 21.9. The maximum absolute atomic E-state index is 12.1. The minimum Gasteiger partial charge on any atom is -0.768 e.